The molecule has 0 radical (unpaired) electrons. The van der Waals surface area contributed by atoms with Gasteiger partial charge in [0.1, 0.15) is 22.4 Å². The van der Waals surface area contributed by atoms with Crippen molar-refractivity contribution in [2.24, 2.45) is 10.7 Å². The van der Waals surface area contributed by atoms with E-state index in [2.05, 4.69) is 15.0 Å². The summed E-state index contributed by atoms with van der Waals surface area (Å²) in [5.74, 6) is 0.146. The highest BCUT2D eigenvalue weighted by Gasteiger charge is 2.58. The van der Waals surface area contributed by atoms with Gasteiger partial charge in [0.05, 0.1) is 15.7 Å². The average molecular weight is 397 g/mol. The van der Waals surface area contributed by atoms with E-state index in [-0.39, 0.29) is 11.6 Å². The third-order valence-corrected chi connectivity index (χ3v) is 9.68. The Bertz CT molecular complexity index is 967. The molecule has 1 fully saturated rings. The van der Waals surface area contributed by atoms with E-state index in [0.717, 1.165) is 16.9 Å². The lowest BCUT2D eigenvalue weighted by atomic mass is 9.82. The van der Waals surface area contributed by atoms with Crippen LogP contribution in [0.3, 0.4) is 0 Å². The molecule has 2 aromatic heterocycles. The van der Waals surface area contributed by atoms with Crippen LogP contribution in [0.4, 0.5) is 0 Å². The minimum Gasteiger partial charge on any atom is -0.386 e. The summed E-state index contributed by atoms with van der Waals surface area (Å²) < 4.78 is 25.0. The quantitative estimate of drug-likeness (QED) is 0.841. The number of hydrogen-bond donors (Lipinski definition) is 1. The minimum absolute atomic E-state index is 0.0777. The number of rotatable bonds is 2. The SMILES string of the molecule is CC1(c2sc(-c3cncnc3)cc2Cl)CS(=O)(=O)C2(CCC2)C(N)=N1. The lowest BCUT2D eigenvalue weighted by Gasteiger charge is -2.46. The minimum atomic E-state index is -3.40. The first-order valence-electron chi connectivity index (χ1n) is 7.91. The zero-order valence-electron chi connectivity index (χ0n) is 13.6. The third-order valence-electron chi connectivity index (χ3n) is 5.08. The Hall–Kier alpha value is -1.51. The molecule has 1 atom stereocenters. The molecule has 1 unspecified atom stereocenters. The lowest BCUT2D eigenvalue weighted by molar-refractivity contribution is 0.393. The van der Waals surface area contributed by atoms with Gasteiger partial charge in [-0.3, -0.25) is 4.99 Å². The fraction of sp³-hybridized carbons (Fsp3) is 0.438. The van der Waals surface area contributed by atoms with E-state index in [1.165, 1.54) is 17.7 Å². The van der Waals surface area contributed by atoms with Crippen LogP contribution in [0.1, 0.15) is 31.1 Å². The molecule has 3 heterocycles. The first-order valence-corrected chi connectivity index (χ1v) is 10.8. The number of nitrogens with zero attached hydrogens (tertiary/aromatic N) is 3. The topological polar surface area (TPSA) is 98.3 Å². The highest BCUT2D eigenvalue weighted by atomic mass is 35.5. The van der Waals surface area contributed by atoms with Crippen molar-refractivity contribution >= 4 is 38.6 Å². The molecular weight excluding hydrogens is 380 g/mol. The largest absolute Gasteiger partial charge is 0.386 e. The Morgan fingerprint density at radius 2 is 1.96 bits per heavy atom. The zero-order chi connectivity index (χ0) is 17.9. The molecule has 1 aliphatic carbocycles. The highest BCUT2D eigenvalue weighted by molar-refractivity contribution is 7.93. The Kier molecular flexibility index (Phi) is 3.72. The molecule has 132 valence electrons. The van der Waals surface area contributed by atoms with Crippen LogP contribution in [0.25, 0.3) is 10.4 Å². The summed E-state index contributed by atoms with van der Waals surface area (Å²) >= 11 is 7.85. The van der Waals surface area contributed by atoms with Crippen LogP contribution >= 0.6 is 22.9 Å². The zero-order valence-corrected chi connectivity index (χ0v) is 16.0. The Morgan fingerprint density at radius 3 is 2.52 bits per heavy atom. The number of aromatic nitrogens is 2. The van der Waals surface area contributed by atoms with Gasteiger partial charge in [-0.15, -0.1) is 11.3 Å². The van der Waals surface area contributed by atoms with Crippen molar-refractivity contribution in [2.45, 2.75) is 36.5 Å². The molecule has 0 saturated heterocycles. The van der Waals surface area contributed by atoms with E-state index < -0.39 is 20.1 Å². The van der Waals surface area contributed by atoms with Gasteiger partial charge in [0.2, 0.25) is 0 Å². The fourth-order valence-corrected chi connectivity index (χ4v) is 7.75. The standard InChI is InChI=1S/C16H17ClN4O2S2/c1-15(8-25(22,23)16(3-2-4-16)14(18)21-15)13-11(17)5-12(24-13)10-6-19-9-20-7-10/h5-7,9H,2-4,8H2,1H3,(H2,18,21). The monoisotopic (exact) mass is 396 g/mol. The van der Waals surface area contributed by atoms with Gasteiger partial charge in [-0.2, -0.15) is 0 Å². The number of hydrogen-bond acceptors (Lipinski definition) is 7. The predicted molar refractivity (Wildman–Crippen MR) is 99.7 cm³/mol. The molecule has 2 aromatic rings. The second-order valence-electron chi connectivity index (χ2n) is 6.79. The van der Waals surface area contributed by atoms with Gasteiger partial charge in [-0.05, 0) is 32.3 Å². The number of amidine groups is 1. The van der Waals surface area contributed by atoms with Gasteiger partial charge in [0.15, 0.2) is 9.84 Å². The normalized spacial score (nSPS) is 26.9. The van der Waals surface area contributed by atoms with Crippen molar-refractivity contribution < 1.29 is 8.42 Å². The van der Waals surface area contributed by atoms with Gasteiger partial charge >= 0.3 is 0 Å². The summed E-state index contributed by atoms with van der Waals surface area (Å²) in [5.41, 5.74) is 6.00. The summed E-state index contributed by atoms with van der Waals surface area (Å²) in [5, 5.41) is 0.489. The Labute approximate surface area is 155 Å². The number of nitrogens with two attached hydrogens (primary N) is 1. The van der Waals surface area contributed by atoms with Gasteiger partial charge in [0, 0.05) is 22.8 Å². The lowest BCUT2D eigenvalue weighted by Crippen LogP contribution is -2.61. The molecule has 9 heteroatoms. The van der Waals surface area contributed by atoms with E-state index >= 15 is 0 Å². The molecule has 1 aliphatic heterocycles. The van der Waals surface area contributed by atoms with E-state index in [4.69, 9.17) is 17.3 Å². The van der Waals surface area contributed by atoms with Gasteiger partial charge in [0.25, 0.3) is 0 Å². The first kappa shape index (κ1) is 16.9. The Morgan fingerprint density at radius 1 is 1.28 bits per heavy atom. The van der Waals surface area contributed by atoms with Crippen molar-refractivity contribution in [2.75, 3.05) is 5.75 Å². The molecule has 4 rings (SSSR count). The number of halogens is 1. The Balaban J connectivity index is 1.81. The van der Waals surface area contributed by atoms with E-state index in [1.807, 2.05) is 0 Å². The second-order valence-corrected chi connectivity index (χ2v) is 10.6. The maximum atomic E-state index is 13.0. The van der Waals surface area contributed by atoms with Crippen LogP contribution < -0.4 is 5.73 Å². The highest BCUT2D eigenvalue weighted by Crippen LogP contribution is 2.50. The summed E-state index contributed by atoms with van der Waals surface area (Å²) in [6.07, 6.45) is 6.83. The fourth-order valence-electron chi connectivity index (χ4n) is 3.55. The van der Waals surface area contributed by atoms with Crippen LogP contribution in [-0.4, -0.2) is 34.7 Å². The van der Waals surface area contributed by atoms with E-state index in [9.17, 15) is 8.42 Å². The molecule has 1 spiro atoms. The van der Waals surface area contributed by atoms with Gasteiger partial charge < -0.3 is 5.73 Å². The second kappa shape index (κ2) is 5.49. The summed E-state index contributed by atoms with van der Waals surface area (Å²) in [6.45, 7) is 1.78. The number of thiophene rings is 1. The van der Waals surface area contributed by atoms with Crippen molar-refractivity contribution in [3.05, 3.63) is 34.7 Å². The van der Waals surface area contributed by atoms with Gasteiger partial charge in [-0.25, -0.2) is 18.4 Å². The van der Waals surface area contributed by atoms with Crippen molar-refractivity contribution in [1.29, 1.82) is 0 Å². The number of sulfone groups is 1. The maximum Gasteiger partial charge on any atom is 0.165 e. The molecule has 0 amide bonds. The molecule has 25 heavy (non-hydrogen) atoms. The molecule has 6 nitrogen and oxygen atoms in total. The first-order chi connectivity index (χ1) is 11.8. The third kappa shape index (κ3) is 2.42. The molecule has 1 saturated carbocycles. The number of aliphatic imine (C=N–C) groups is 1. The van der Waals surface area contributed by atoms with Crippen LogP contribution in [0, 0.1) is 0 Å². The summed E-state index contributed by atoms with van der Waals surface area (Å²) in [4.78, 5) is 14.2. The molecule has 0 bridgehead atoms. The van der Waals surface area contributed by atoms with Crippen molar-refractivity contribution in [3.63, 3.8) is 0 Å². The summed E-state index contributed by atoms with van der Waals surface area (Å²) in [6, 6.07) is 1.80. The van der Waals surface area contributed by atoms with Crippen molar-refractivity contribution in [3.8, 4) is 10.4 Å². The smallest absolute Gasteiger partial charge is 0.165 e. The van der Waals surface area contributed by atoms with Crippen LogP contribution in [0.2, 0.25) is 5.02 Å². The predicted octanol–water partition coefficient (Wildman–Crippen LogP) is 2.78. The maximum absolute atomic E-state index is 13.0. The van der Waals surface area contributed by atoms with Crippen LogP contribution in [0.5, 0.6) is 0 Å². The average Bonchev–Trinajstić information content (AvgIpc) is 2.87. The van der Waals surface area contributed by atoms with Gasteiger partial charge in [-0.1, -0.05) is 11.6 Å². The van der Waals surface area contributed by atoms with Crippen molar-refractivity contribution in [1.82, 2.24) is 9.97 Å². The van der Waals surface area contributed by atoms with E-state index in [1.54, 1.807) is 25.4 Å². The molecule has 2 N–H and O–H groups in total. The summed E-state index contributed by atoms with van der Waals surface area (Å²) in [7, 11) is -3.40. The molecular formula is C16H17ClN4O2S2. The van der Waals surface area contributed by atoms with Crippen LogP contribution in [-0.2, 0) is 15.4 Å². The van der Waals surface area contributed by atoms with Crippen LogP contribution in [0.15, 0.2) is 29.8 Å². The molecule has 0 aromatic carbocycles. The van der Waals surface area contributed by atoms with E-state index in [0.29, 0.717) is 22.7 Å². The molecule has 2 aliphatic rings.